The van der Waals surface area contributed by atoms with Crippen LogP contribution in [-0.2, 0) is 9.59 Å². The number of nitrogens with zero attached hydrogens (tertiary/aromatic N) is 1. The minimum Gasteiger partial charge on any atom is -0.481 e. The monoisotopic (exact) mass is 267 g/mol. The summed E-state index contributed by atoms with van der Waals surface area (Å²) in [7, 11) is 0. The largest absolute Gasteiger partial charge is 0.481 e. The van der Waals surface area contributed by atoms with E-state index >= 15 is 0 Å². The van der Waals surface area contributed by atoms with Crippen molar-refractivity contribution in [1.82, 2.24) is 4.90 Å². The lowest BCUT2D eigenvalue weighted by atomic mass is 9.65. The molecule has 4 heteroatoms. The lowest BCUT2D eigenvalue weighted by Crippen LogP contribution is -2.37. The van der Waals surface area contributed by atoms with Gasteiger partial charge >= 0.3 is 5.97 Å². The highest BCUT2D eigenvalue weighted by atomic mass is 16.4. The van der Waals surface area contributed by atoms with Crippen LogP contribution in [0.2, 0.25) is 0 Å². The molecule has 0 aromatic carbocycles. The van der Waals surface area contributed by atoms with Gasteiger partial charge in [0.2, 0.25) is 5.91 Å². The number of amides is 1. The molecule has 2 rings (SSSR count). The predicted octanol–water partition coefficient (Wildman–Crippen LogP) is 2.67. The van der Waals surface area contributed by atoms with Crippen LogP contribution in [0.25, 0.3) is 0 Å². The molecule has 1 amide bonds. The third kappa shape index (κ3) is 3.28. The Hall–Kier alpha value is -1.06. The molecule has 1 aliphatic carbocycles. The molecule has 1 saturated carbocycles. The first-order chi connectivity index (χ1) is 8.71. The number of fused-ring (bicyclic) bond motifs is 2. The van der Waals surface area contributed by atoms with Gasteiger partial charge in [0.1, 0.15) is 0 Å². The van der Waals surface area contributed by atoms with Gasteiger partial charge < -0.3 is 10.0 Å². The van der Waals surface area contributed by atoms with Crippen LogP contribution in [0, 0.1) is 10.8 Å². The SMILES string of the molecule is CC1(C)C[C@@H]2C[C@@](C)(CN2C(=O)CCCC(=O)O)C1. The summed E-state index contributed by atoms with van der Waals surface area (Å²) >= 11 is 0. The van der Waals surface area contributed by atoms with Crippen molar-refractivity contribution < 1.29 is 14.7 Å². The maximum atomic E-state index is 12.3. The molecule has 108 valence electrons. The molecular weight excluding hydrogens is 242 g/mol. The van der Waals surface area contributed by atoms with Gasteiger partial charge in [0.15, 0.2) is 0 Å². The smallest absolute Gasteiger partial charge is 0.303 e. The molecule has 2 aliphatic rings. The Labute approximate surface area is 115 Å². The van der Waals surface area contributed by atoms with E-state index in [1.54, 1.807) is 0 Å². The number of aliphatic carboxylic acids is 1. The van der Waals surface area contributed by atoms with E-state index in [1.807, 2.05) is 4.90 Å². The number of rotatable bonds is 4. The average Bonchev–Trinajstić information content (AvgIpc) is 2.47. The summed E-state index contributed by atoms with van der Waals surface area (Å²) in [6.45, 7) is 7.71. The van der Waals surface area contributed by atoms with Gasteiger partial charge in [-0.2, -0.15) is 0 Å². The van der Waals surface area contributed by atoms with Gasteiger partial charge in [-0.15, -0.1) is 0 Å². The highest BCUT2D eigenvalue weighted by molar-refractivity contribution is 5.77. The first-order valence-corrected chi connectivity index (χ1v) is 7.22. The van der Waals surface area contributed by atoms with Gasteiger partial charge in [-0.25, -0.2) is 0 Å². The second-order valence-electron chi connectivity index (χ2n) is 7.48. The fraction of sp³-hybridized carbons (Fsp3) is 0.867. The predicted molar refractivity (Wildman–Crippen MR) is 72.7 cm³/mol. The number of carbonyl (C=O) groups excluding carboxylic acids is 1. The van der Waals surface area contributed by atoms with E-state index in [9.17, 15) is 9.59 Å². The van der Waals surface area contributed by atoms with Gasteiger partial charge in [-0.05, 0) is 36.5 Å². The number of carboxylic acid groups (broad SMARTS) is 1. The molecule has 2 atom stereocenters. The molecule has 1 aliphatic heterocycles. The van der Waals surface area contributed by atoms with Gasteiger partial charge in [0.05, 0.1) is 0 Å². The second-order valence-corrected chi connectivity index (χ2v) is 7.48. The Morgan fingerprint density at radius 1 is 1.21 bits per heavy atom. The zero-order valence-corrected chi connectivity index (χ0v) is 12.2. The summed E-state index contributed by atoms with van der Waals surface area (Å²) in [4.78, 5) is 24.8. The van der Waals surface area contributed by atoms with Crippen LogP contribution in [0.4, 0.5) is 0 Å². The Morgan fingerprint density at radius 3 is 2.53 bits per heavy atom. The Kier molecular flexibility index (Phi) is 3.63. The van der Waals surface area contributed by atoms with E-state index in [4.69, 9.17) is 5.11 Å². The molecule has 4 nitrogen and oxygen atoms in total. The molecule has 0 unspecified atom stereocenters. The summed E-state index contributed by atoms with van der Waals surface area (Å²) in [6.07, 6.45) is 4.29. The van der Waals surface area contributed by atoms with Gasteiger partial charge in [-0.3, -0.25) is 9.59 Å². The van der Waals surface area contributed by atoms with Crippen LogP contribution < -0.4 is 0 Å². The summed E-state index contributed by atoms with van der Waals surface area (Å²) < 4.78 is 0. The van der Waals surface area contributed by atoms with Crippen molar-refractivity contribution in [2.45, 2.75) is 65.3 Å². The Bertz CT molecular complexity index is 391. The van der Waals surface area contributed by atoms with Crippen molar-refractivity contribution in [3.05, 3.63) is 0 Å². The molecular formula is C15H25NO3. The molecule has 0 spiro atoms. The molecule has 0 radical (unpaired) electrons. The molecule has 0 aromatic heterocycles. The Balaban J connectivity index is 1.95. The molecule has 0 aromatic rings. The fourth-order valence-corrected chi connectivity index (χ4v) is 4.29. The van der Waals surface area contributed by atoms with Crippen molar-refractivity contribution in [3.8, 4) is 0 Å². The molecule has 1 N–H and O–H groups in total. The topological polar surface area (TPSA) is 57.6 Å². The lowest BCUT2D eigenvalue weighted by molar-refractivity contribution is -0.137. The van der Waals surface area contributed by atoms with E-state index in [2.05, 4.69) is 20.8 Å². The van der Waals surface area contributed by atoms with Gasteiger partial charge in [-0.1, -0.05) is 20.8 Å². The molecule has 1 saturated heterocycles. The number of hydrogen-bond acceptors (Lipinski definition) is 2. The van der Waals surface area contributed by atoms with Crippen LogP contribution in [-0.4, -0.2) is 34.5 Å². The van der Waals surface area contributed by atoms with Crippen molar-refractivity contribution in [1.29, 1.82) is 0 Å². The quantitative estimate of drug-likeness (QED) is 0.852. The van der Waals surface area contributed by atoms with Gasteiger partial charge in [0.25, 0.3) is 0 Å². The lowest BCUT2D eigenvalue weighted by Gasteiger charge is -2.39. The molecule has 1 heterocycles. The zero-order valence-electron chi connectivity index (χ0n) is 12.2. The van der Waals surface area contributed by atoms with Crippen LogP contribution >= 0.6 is 0 Å². The Morgan fingerprint density at radius 2 is 1.89 bits per heavy atom. The van der Waals surface area contributed by atoms with Crippen LogP contribution in [0.1, 0.15) is 59.3 Å². The van der Waals surface area contributed by atoms with E-state index in [1.165, 1.54) is 6.42 Å². The van der Waals surface area contributed by atoms with E-state index in [-0.39, 0.29) is 17.7 Å². The number of carboxylic acids is 1. The average molecular weight is 267 g/mol. The van der Waals surface area contributed by atoms with E-state index in [0.29, 0.717) is 24.3 Å². The third-order valence-corrected chi connectivity index (χ3v) is 4.52. The minimum absolute atomic E-state index is 0.0903. The molecule has 19 heavy (non-hydrogen) atoms. The first kappa shape index (κ1) is 14.4. The number of hydrogen-bond donors (Lipinski definition) is 1. The van der Waals surface area contributed by atoms with Crippen LogP contribution in [0.3, 0.4) is 0 Å². The van der Waals surface area contributed by atoms with Gasteiger partial charge in [0, 0.05) is 25.4 Å². The van der Waals surface area contributed by atoms with E-state index < -0.39 is 5.97 Å². The highest BCUT2D eigenvalue weighted by Crippen LogP contribution is 2.52. The summed E-state index contributed by atoms with van der Waals surface area (Å²) in [5, 5.41) is 8.63. The summed E-state index contributed by atoms with van der Waals surface area (Å²) in [5.41, 5.74) is 0.572. The molecule has 2 fully saturated rings. The van der Waals surface area contributed by atoms with Crippen molar-refractivity contribution in [3.63, 3.8) is 0 Å². The second kappa shape index (κ2) is 4.80. The third-order valence-electron chi connectivity index (χ3n) is 4.52. The zero-order chi connectivity index (χ0) is 14.3. The van der Waals surface area contributed by atoms with Crippen molar-refractivity contribution >= 4 is 11.9 Å². The first-order valence-electron chi connectivity index (χ1n) is 7.22. The number of likely N-dealkylation sites (tertiary alicyclic amines) is 1. The highest BCUT2D eigenvalue weighted by Gasteiger charge is 2.50. The van der Waals surface area contributed by atoms with Crippen LogP contribution in [0.5, 0.6) is 0 Å². The van der Waals surface area contributed by atoms with Crippen molar-refractivity contribution in [2.24, 2.45) is 10.8 Å². The minimum atomic E-state index is -0.818. The normalized spacial score (nSPS) is 32.4. The van der Waals surface area contributed by atoms with Crippen molar-refractivity contribution in [2.75, 3.05) is 6.54 Å². The van der Waals surface area contributed by atoms with Crippen LogP contribution in [0.15, 0.2) is 0 Å². The number of carbonyl (C=O) groups is 2. The summed E-state index contributed by atoms with van der Waals surface area (Å²) in [6, 6.07) is 0.367. The standard InChI is InChI=1S/C15H25NO3/c1-14(2)7-11-8-15(3,9-14)10-16(11)12(17)5-4-6-13(18)19/h11H,4-10H2,1-3H3,(H,18,19)/t11-,15-/m1/s1. The maximum absolute atomic E-state index is 12.3. The maximum Gasteiger partial charge on any atom is 0.303 e. The fourth-order valence-electron chi connectivity index (χ4n) is 4.29. The van der Waals surface area contributed by atoms with E-state index in [0.717, 1.165) is 19.4 Å². The summed E-state index contributed by atoms with van der Waals surface area (Å²) in [5.74, 6) is -0.672. The molecule has 2 bridgehead atoms.